The second-order valence-electron chi connectivity index (χ2n) is 12.2. The van der Waals surface area contributed by atoms with Gasteiger partial charge < -0.3 is 0 Å². The molecular formula is C41H36. The van der Waals surface area contributed by atoms with E-state index in [0.29, 0.717) is 0 Å². The number of hydrogen-bond acceptors (Lipinski definition) is 0. The molecule has 0 heteroatoms. The molecule has 0 saturated carbocycles. The Kier molecular flexibility index (Phi) is 6.36. The summed E-state index contributed by atoms with van der Waals surface area (Å²) in [5.41, 5.74) is 17.9. The molecule has 0 amide bonds. The lowest BCUT2D eigenvalue weighted by molar-refractivity contribution is 0.466. The Labute approximate surface area is 244 Å². The van der Waals surface area contributed by atoms with Crippen LogP contribution >= 0.6 is 0 Å². The van der Waals surface area contributed by atoms with Gasteiger partial charge in [0.2, 0.25) is 0 Å². The van der Waals surface area contributed by atoms with Crippen LogP contribution in [0.15, 0.2) is 126 Å². The minimum absolute atomic E-state index is 0.0888. The van der Waals surface area contributed by atoms with Crippen molar-refractivity contribution >= 4 is 12.2 Å². The summed E-state index contributed by atoms with van der Waals surface area (Å²) < 4.78 is 0. The van der Waals surface area contributed by atoms with E-state index in [1.54, 1.807) is 0 Å². The maximum Gasteiger partial charge on any atom is 0.0146 e. The number of rotatable bonds is 6. The van der Waals surface area contributed by atoms with E-state index in [4.69, 9.17) is 0 Å². The summed E-state index contributed by atoms with van der Waals surface area (Å²) in [6, 6.07) is 42.7. The van der Waals surface area contributed by atoms with Crippen molar-refractivity contribution in [3.8, 4) is 22.3 Å². The van der Waals surface area contributed by atoms with Gasteiger partial charge in [-0.15, -0.1) is 0 Å². The van der Waals surface area contributed by atoms with Gasteiger partial charge in [-0.3, -0.25) is 0 Å². The van der Waals surface area contributed by atoms with Crippen molar-refractivity contribution in [2.45, 2.75) is 40.0 Å². The van der Waals surface area contributed by atoms with Crippen molar-refractivity contribution in [1.29, 1.82) is 0 Å². The van der Waals surface area contributed by atoms with Gasteiger partial charge in [-0.2, -0.15) is 0 Å². The molecule has 0 fully saturated rings. The lowest BCUT2D eigenvalue weighted by Gasteiger charge is -2.34. The van der Waals surface area contributed by atoms with Gasteiger partial charge in [-0.1, -0.05) is 157 Å². The number of allylic oxidation sites excluding steroid dienone is 2. The molecule has 0 unspecified atom stereocenters. The molecule has 2 aliphatic rings. The molecule has 0 saturated heterocycles. The monoisotopic (exact) mass is 528 g/mol. The molecule has 0 bridgehead atoms. The van der Waals surface area contributed by atoms with Gasteiger partial charge in [-0.25, -0.2) is 0 Å². The summed E-state index contributed by atoms with van der Waals surface area (Å²) >= 11 is 0. The van der Waals surface area contributed by atoms with Crippen LogP contribution in [0.25, 0.3) is 34.4 Å². The zero-order valence-electron chi connectivity index (χ0n) is 24.2. The zero-order chi connectivity index (χ0) is 28.0. The van der Waals surface area contributed by atoms with E-state index < -0.39 is 0 Å². The Morgan fingerprint density at radius 2 is 0.976 bits per heavy atom. The van der Waals surface area contributed by atoms with Crippen LogP contribution in [0, 0.1) is 19.3 Å². The second-order valence-corrected chi connectivity index (χ2v) is 12.2. The molecule has 200 valence electrons. The third-order valence-electron chi connectivity index (χ3n) is 9.33. The van der Waals surface area contributed by atoms with Crippen LogP contribution < -0.4 is 0 Å². The molecule has 0 N–H and O–H groups in total. The first-order valence-electron chi connectivity index (χ1n) is 14.8. The van der Waals surface area contributed by atoms with Crippen LogP contribution in [0.4, 0.5) is 0 Å². The standard InChI is InChI=1S/C41H36/c1-28-15-19-31(20-16-28)37-13-7-11-33-23-35(25-39(33)37)41(3,27-30-9-5-4-6-10-30)36-24-34-12-8-14-38(40(34)26-36)32-21-17-29(2)18-22-32/h4-22,25-26H,23-24,27H2,1-3H3. The van der Waals surface area contributed by atoms with E-state index in [1.807, 2.05) is 0 Å². The molecule has 0 radical (unpaired) electrons. The predicted molar refractivity (Wildman–Crippen MR) is 175 cm³/mol. The van der Waals surface area contributed by atoms with Crippen molar-refractivity contribution in [3.63, 3.8) is 0 Å². The molecule has 0 aromatic heterocycles. The first-order chi connectivity index (χ1) is 20.0. The highest BCUT2D eigenvalue weighted by atomic mass is 14.4. The SMILES string of the molecule is Cc1ccc(-c2cccc3c2C=C(C(C)(Cc2ccccc2)C2=Cc4c(cccc4-c4ccc(C)cc4)C2)C3)cc1. The van der Waals surface area contributed by atoms with Crippen molar-refractivity contribution < 1.29 is 0 Å². The van der Waals surface area contributed by atoms with E-state index in [1.165, 1.54) is 72.3 Å². The Bertz CT molecular complexity index is 1680. The van der Waals surface area contributed by atoms with Crippen LogP contribution in [0.2, 0.25) is 0 Å². The van der Waals surface area contributed by atoms with Crippen LogP contribution in [0.5, 0.6) is 0 Å². The van der Waals surface area contributed by atoms with Gasteiger partial charge in [-0.05, 0) is 83.2 Å². The van der Waals surface area contributed by atoms with Gasteiger partial charge in [0.15, 0.2) is 0 Å². The Balaban J connectivity index is 1.34. The summed E-state index contributed by atoms with van der Waals surface area (Å²) in [7, 11) is 0. The quantitative estimate of drug-likeness (QED) is 0.206. The summed E-state index contributed by atoms with van der Waals surface area (Å²) in [4.78, 5) is 0. The van der Waals surface area contributed by atoms with Crippen molar-refractivity contribution in [3.05, 3.63) is 165 Å². The highest BCUT2D eigenvalue weighted by molar-refractivity contribution is 5.84. The minimum Gasteiger partial charge on any atom is -0.0622 e. The molecule has 0 aliphatic heterocycles. The number of fused-ring (bicyclic) bond motifs is 2. The summed E-state index contributed by atoms with van der Waals surface area (Å²) in [6.07, 6.45) is 8.04. The normalized spacial score (nSPS) is 13.9. The second kappa shape index (κ2) is 10.2. The highest BCUT2D eigenvalue weighted by Crippen LogP contribution is 2.50. The fourth-order valence-electron chi connectivity index (χ4n) is 6.85. The average Bonchev–Trinajstić information content (AvgIpc) is 3.64. The average molecular weight is 529 g/mol. The molecule has 2 aliphatic carbocycles. The fourth-order valence-corrected chi connectivity index (χ4v) is 6.85. The first-order valence-corrected chi connectivity index (χ1v) is 14.8. The largest absolute Gasteiger partial charge is 0.0622 e. The molecule has 41 heavy (non-hydrogen) atoms. The van der Waals surface area contributed by atoms with Crippen LogP contribution in [-0.2, 0) is 19.3 Å². The maximum atomic E-state index is 2.53. The molecule has 0 atom stereocenters. The molecule has 5 aromatic rings. The third kappa shape index (κ3) is 4.68. The van der Waals surface area contributed by atoms with Crippen molar-refractivity contribution in [2.75, 3.05) is 0 Å². The first kappa shape index (κ1) is 25.5. The van der Waals surface area contributed by atoms with Gasteiger partial charge in [0.25, 0.3) is 0 Å². The van der Waals surface area contributed by atoms with Gasteiger partial charge in [0.05, 0.1) is 0 Å². The summed E-state index contributed by atoms with van der Waals surface area (Å²) in [5, 5.41) is 0. The summed E-state index contributed by atoms with van der Waals surface area (Å²) in [6.45, 7) is 6.81. The zero-order valence-corrected chi connectivity index (χ0v) is 24.2. The lowest BCUT2D eigenvalue weighted by Crippen LogP contribution is -2.25. The number of hydrogen-bond donors (Lipinski definition) is 0. The molecule has 0 heterocycles. The molecular weight excluding hydrogens is 492 g/mol. The summed E-state index contributed by atoms with van der Waals surface area (Å²) in [5.74, 6) is 0. The Morgan fingerprint density at radius 1 is 0.512 bits per heavy atom. The maximum absolute atomic E-state index is 2.53. The fraction of sp³-hybridized carbons (Fsp3) is 0.171. The predicted octanol–water partition coefficient (Wildman–Crippen LogP) is 10.5. The molecule has 0 nitrogen and oxygen atoms in total. The third-order valence-corrected chi connectivity index (χ3v) is 9.33. The van der Waals surface area contributed by atoms with E-state index >= 15 is 0 Å². The van der Waals surface area contributed by atoms with Crippen LogP contribution in [-0.4, -0.2) is 0 Å². The van der Waals surface area contributed by atoms with E-state index in [2.05, 4.69) is 148 Å². The minimum atomic E-state index is -0.0888. The molecule has 0 spiro atoms. The van der Waals surface area contributed by atoms with E-state index in [9.17, 15) is 0 Å². The van der Waals surface area contributed by atoms with Crippen LogP contribution in [0.3, 0.4) is 0 Å². The smallest absolute Gasteiger partial charge is 0.0146 e. The van der Waals surface area contributed by atoms with Gasteiger partial charge in [0.1, 0.15) is 0 Å². The molecule has 7 rings (SSSR count). The van der Waals surface area contributed by atoms with Crippen molar-refractivity contribution in [1.82, 2.24) is 0 Å². The van der Waals surface area contributed by atoms with Crippen LogP contribution in [0.1, 0.15) is 45.9 Å². The molecule has 5 aromatic carbocycles. The topological polar surface area (TPSA) is 0 Å². The van der Waals surface area contributed by atoms with Crippen molar-refractivity contribution in [2.24, 2.45) is 5.41 Å². The number of aryl methyl sites for hydroxylation is 2. The van der Waals surface area contributed by atoms with E-state index in [0.717, 1.165) is 19.3 Å². The van der Waals surface area contributed by atoms with Gasteiger partial charge >= 0.3 is 0 Å². The number of benzene rings is 5. The Morgan fingerprint density at radius 3 is 1.44 bits per heavy atom. The lowest BCUT2D eigenvalue weighted by atomic mass is 9.70. The van der Waals surface area contributed by atoms with Gasteiger partial charge in [0, 0.05) is 5.41 Å². The highest BCUT2D eigenvalue weighted by Gasteiger charge is 2.38. The Hall–Kier alpha value is -4.42. The van der Waals surface area contributed by atoms with E-state index in [-0.39, 0.29) is 5.41 Å².